The summed E-state index contributed by atoms with van der Waals surface area (Å²) in [6, 6.07) is 17.3. The van der Waals surface area contributed by atoms with Gasteiger partial charge in [0.1, 0.15) is 5.75 Å². The maximum absolute atomic E-state index is 11.6. The molecule has 0 saturated heterocycles. The first-order chi connectivity index (χ1) is 10.2. The zero-order valence-electron chi connectivity index (χ0n) is 11.2. The molecule has 5 heteroatoms. The van der Waals surface area contributed by atoms with Gasteiger partial charge in [0.2, 0.25) is 0 Å². The van der Waals surface area contributed by atoms with E-state index in [1.807, 2.05) is 0 Å². The number of rotatable bonds is 5. The molecular weight excluding hydrogens is 270 g/mol. The fourth-order valence-corrected chi connectivity index (χ4v) is 1.85. The molecule has 1 amide bonds. The van der Waals surface area contributed by atoms with Crippen molar-refractivity contribution in [2.24, 2.45) is 0 Å². The van der Waals surface area contributed by atoms with Gasteiger partial charge in [-0.15, -0.1) is 0 Å². The van der Waals surface area contributed by atoms with Gasteiger partial charge in [0.15, 0.2) is 0 Å². The predicted molar refractivity (Wildman–Crippen MR) is 77.3 cm³/mol. The lowest BCUT2D eigenvalue weighted by Gasteiger charge is -2.13. The molecule has 2 aromatic rings. The van der Waals surface area contributed by atoms with E-state index < -0.39 is 18.0 Å². The minimum atomic E-state index is -0.999. The summed E-state index contributed by atoms with van der Waals surface area (Å²) in [7, 11) is 0. The van der Waals surface area contributed by atoms with Crippen LogP contribution in [-0.4, -0.2) is 23.7 Å². The van der Waals surface area contributed by atoms with E-state index in [0.29, 0.717) is 11.3 Å². The Labute approximate surface area is 122 Å². The van der Waals surface area contributed by atoms with Crippen LogP contribution >= 0.6 is 0 Å². The number of benzene rings is 2. The first kappa shape index (κ1) is 14.6. The van der Waals surface area contributed by atoms with Gasteiger partial charge in [0, 0.05) is 6.54 Å². The van der Waals surface area contributed by atoms with Crippen molar-refractivity contribution < 1.29 is 19.4 Å². The first-order valence-corrected chi connectivity index (χ1v) is 6.45. The highest BCUT2D eigenvalue weighted by molar-refractivity contribution is 5.78. The normalized spacial score (nSPS) is 11.4. The molecule has 0 fully saturated rings. The van der Waals surface area contributed by atoms with Gasteiger partial charge in [-0.05, 0) is 17.7 Å². The number of hydrogen-bond acceptors (Lipinski definition) is 3. The number of hydrogen-bond donors (Lipinski definition) is 2. The molecule has 0 radical (unpaired) electrons. The summed E-state index contributed by atoms with van der Waals surface area (Å²) in [6.45, 7) is -0.0367. The minimum absolute atomic E-state index is 0.0367. The molecule has 0 spiro atoms. The van der Waals surface area contributed by atoms with E-state index in [1.165, 1.54) is 0 Å². The van der Waals surface area contributed by atoms with E-state index in [0.717, 1.165) is 0 Å². The summed E-state index contributed by atoms with van der Waals surface area (Å²) in [5.41, 5.74) is 0.630. The summed E-state index contributed by atoms with van der Waals surface area (Å²) in [5.74, 6) is -1.41. The second-order valence-electron chi connectivity index (χ2n) is 4.38. The fourth-order valence-electron chi connectivity index (χ4n) is 1.85. The van der Waals surface area contributed by atoms with E-state index in [-0.39, 0.29) is 6.54 Å². The molecule has 0 aliphatic rings. The number of carbonyl (C=O) groups excluding carboxylic acids is 1. The van der Waals surface area contributed by atoms with Crippen LogP contribution in [0.2, 0.25) is 0 Å². The third-order valence-electron chi connectivity index (χ3n) is 2.90. The topological polar surface area (TPSA) is 75.6 Å². The van der Waals surface area contributed by atoms with Crippen LogP contribution < -0.4 is 10.1 Å². The second-order valence-corrected chi connectivity index (χ2v) is 4.38. The Kier molecular flexibility index (Phi) is 4.93. The molecule has 0 saturated carbocycles. The Hall–Kier alpha value is -2.82. The van der Waals surface area contributed by atoms with E-state index in [9.17, 15) is 14.7 Å². The summed E-state index contributed by atoms with van der Waals surface area (Å²) in [5, 5.41) is 11.7. The Balaban J connectivity index is 1.93. The molecule has 1 atom stereocenters. The Morgan fingerprint density at radius 3 is 2.14 bits per heavy atom. The maximum Gasteiger partial charge on any atom is 0.412 e. The van der Waals surface area contributed by atoms with E-state index in [4.69, 9.17) is 4.74 Å². The Morgan fingerprint density at radius 1 is 1.00 bits per heavy atom. The predicted octanol–water partition coefficient (Wildman–Crippen LogP) is 2.64. The molecule has 2 rings (SSSR count). The fraction of sp³-hybridized carbons (Fsp3) is 0.125. The van der Waals surface area contributed by atoms with Gasteiger partial charge < -0.3 is 15.2 Å². The Bertz CT molecular complexity index is 598. The van der Waals surface area contributed by atoms with Crippen LogP contribution in [0.3, 0.4) is 0 Å². The van der Waals surface area contributed by atoms with Gasteiger partial charge in [-0.1, -0.05) is 48.5 Å². The molecule has 0 aromatic heterocycles. The van der Waals surface area contributed by atoms with Crippen molar-refractivity contribution in [1.29, 1.82) is 0 Å². The number of aliphatic carboxylic acids is 1. The highest BCUT2D eigenvalue weighted by Crippen LogP contribution is 2.15. The van der Waals surface area contributed by atoms with Crippen molar-refractivity contribution in [3.05, 3.63) is 66.2 Å². The van der Waals surface area contributed by atoms with Crippen LogP contribution in [0.1, 0.15) is 11.5 Å². The minimum Gasteiger partial charge on any atom is -0.481 e. The third-order valence-corrected chi connectivity index (χ3v) is 2.90. The maximum atomic E-state index is 11.6. The summed E-state index contributed by atoms with van der Waals surface area (Å²) in [6.07, 6.45) is -0.677. The SMILES string of the molecule is O=C(NCC(C(=O)O)c1ccccc1)Oc1ccccc1. The number of carboxylic acid groups (broad SMARTS) is 1. The molecule has 108 valence electrons. The first-order valence-electron chi connectivity index (χ1n) is 6.45. The molecule has 1 unspecified atom stereocenters. The van der Waals surface area contributed by atoms with Crippen molar-refractivity contribution in [2.45, 2.75) is 5.92 Å². The van der Waals surface area contributed by atoms with E-state index in [1.54, 1.807) is 60.7 Å². The number of carboxylic acids is 1. The smallest absolute Gasteiger partial charge is 0.412 e. The van der Waals surface area contributed by atoms with E-state index >= 15 is 0 Å². The Morgan fingerprint density at radius 2 is 1.57 bits per heavy atom. The van der Waals surface area contributed by atoms with Gasteiger partial charge >= 0.3 is 12.1 Å². The van der Waals surface area contributed by atoms with Gasteiger partial charge in [0.25, 0.3) is 0 Å². The summed E-state index contributed by atoms with van der Waals surface area (Å²) >= 11 is 0. The quantitative estimate of drug-likeness (QED) is 0.885. The van der Waals surface area contributed by atoms with Crippen LogP contribution in [-0.2, 0) is 4.79 Å². The highest BCUT2D eigenvalue weighted by atomic mass is 16.6. The standard InChI is InChI=1S/C16H15NO4/c18-15(19)14(12-7-3-1-4-8-12)11-17-16(20)21-13-9-5-2-6-10-13/h1-10,14H,11H2,(H,17,20)(H,18,19). The molecule has 2 aromatic carbocycles. The molecule has 0 bridgehead atoms. The van der Waals surface area contributed by atoms with Gasteiger partial charge in [-0.2, -0.15) is 0 Å². The third kappa shape index (κ3) is 4.35. The van der Waals surface area contributed by atoms with Crippen LogP contribution in [0.5, 0.6) is 5.75 Å². The van der Waals surface area contributed by atoms with Crippen LogP contribution in [0.4, 0.5) is 4.79 Å². The lowest BCUT2D eigenvalue weighted by Crippen LogP contribution is -2.33. The molecule has 0 aliphatic carbocycles. The zero-order chi connectivity index (χ0) is 15.1. The molecular formula is C16H15NO4. The van der Waals surface area contributed by atoms with Crippen LogP contribution in [0.25, 0.3) is 0 Å². The van der Waals surface area contributed by atoms with Gasteiger partial charge in [-0.3, -0.25) is 4.79 Å². The monoisotopic (exact) mass is 285 g/mol. The largest absolute Gasteiger partial charge is 0.481 e. The van der Waals surface area contributed by atoms with Crippen molar-refractivity contribution in [3.8, 4) is 5.75 Å². The summed E-state index contributed by atoms with van der Waals surface area (Å²) in [4.78, 5) is 22.9. The average molecular weight is 285 g/mol. The number of amides is 1. The molecule has 2 N–H and O–H groups in total. The van der Waals surface area contributed by atoms with E-state index in [2.05, 4.69) is 5.32 Å². The number of para-hydroxylation sites is 1. The molecule has 0 aliphatic heterocycles. The van der Waals surface area contributed by atoms with Gasteiger partial charge in [-0.25, -0.2) is 4.79 Å². The van der Waals surface area contributed by atoms with Gasteiger partial charge in [0.05, 0.1) is 5.92 Å². The average Bonchev–Trinajstić information content (AvgIpc) is 2.49. The number of nitrogens with one attached hydrogen (secondary N) is 1. The number of ether oxygens (including phenoxy) is 1. The molecule has 5 nitrogen and oxygen atoms in total. The van der Waals surface area contributed by atoms with Crippen molar-refractivity contribution in [3.63, 3.8) is 0 Å². The van der Waals surface area contributed by atoms with Crippen LogP contribution in [0.15, 0.2) is 60.7 Å². The number of carbonyl (C=O) groups is 2. The van der Waals surface area contributed by atoms with Crippen molar-refractivity contribution in [1.82, 2.24) is 5.32 Å². The second kappa shape index (κ2) is 7.09. The highest BCUT2D eigenvalue weighted by Gasteiger charge is 2.20. The van der Waals surface area contributed by atoms with Crippen molar-refractivity contribution >= 4 is 12.1 Å². The lowest BCUT2D eigenvalue weighted by molar-refractivity contribution is -0.138. The summed E-state index contributed by atoms with van der Waals surface area (Å²) < 4.78 is 5.04. The van der Waals surface area contributed by atoms with Crippen LogP contribution in [0, 0.1) is 0 Å². The molecule has 0 heterocycles. The lowest BCUT2D eigenvalue weighted by atomic mass is 9.99. The van der Waals surface area contributed by atoms with Crippen molar-refractivity contribution in [2.75, 3.05) is 6.54 Å². The zero-order valence-corrected chi connectivity index (χ0v) is 11.2. The molecule has 21 heavy (non-hydrogen) atoms.